The van der Waals surface area contributed by atoms with Crippen molar-refractivity contribution in [2.24, 2.45) is 16.7 Å². The first-order valence-electron chi connectivity index (χ1n) is 25.0. The van der Waals surface area contributed by atoms with Gasteiger partial charge in [0.05, 0.1) is 37.4 Å². The predicted octanol–water partition coefficient (Wildman–Crippen LogP) is 1.46. The van der Waals surface area contributed by atoms with Crippen LogP contribution >= 0.6 is 0 Å². The number of hydrogen-bond acceptors (Lipinski definition) is 20. The van der Waals surface area contributed by atoms with Crippen LogP contribution in [0.4, 0.5) is 0 Å². The molecule has 2 saturated carbocycles. The monoisotopic (exact) mass is 1060 g/mol. The standard InChI is InChI=1S/C55H65NO20/c1-28-34(73-50(67)42(62)40(32-18-12-8-13-19-32)56-49(66)33-20-14-9-15-21-33)23-55(68)48(69-25-31-16-10-7-11-17-31)46-53(6,47(65)45(72-29(2)58)39(28)52(55,4)5)36(22-37-54(46,27-71-37)76-30(3)59)75-38(60)26-70-51-44(64)43(63)41(61)35(24-57)74-51/h7-21,34-37,40-46,48,51,57,61-64,68H,22-27H2,1-6H3,(H,56,66)/t34-,35+,36-,37+,40-,41-,42+,43+,44-,45+,46-,48-,51?,53+,54-,55+/m0/s1. The molecule has 76 heavy (non-hydrogen) atoms. The molecule has 7 N–H and O–H groups in total. The summed E-state index contributed by atoms with van der Waals surface area (Å²) in [5, 5.41) is 69.8. The first kappa shape index (κ1) is 56.2. The number of nitrogens with one attached hydrogen (secondary N) is 1. The van der Waals surface area contributed by atoms with Crippen LogP contribution in [-0.4, -0.2) is 165 Å². The maximum absolute atomic E-state index is 16.3. The third-order valence-corrected chi connectivity index (χ3v) is 16.0. The van der Waals surface area contributed by atoms with Crippen LogP contribution < -0.4 is 5.32 Å². The van der Waals surface area contributed by atoms with Crippen molar-refractivity contribution in [3.05, 3.63) is 119 Å². The Morgan fingerprint density at radius 2 is 1.45 bits per heavy atom. The number of aliphatic hydroxyl groups is 6. The van der Waals surface area contributed by atoms with Crippen molar-refractivity contribution in [2.45, 2.75) is 146 Å². The molecule has 0 radical (unpaired) electrons. The number of ketones is 1. The summed E-state index contributed by atoms with van der Waals surface area (Å²) in [5.74, 6) is -7.25. The van der Waals surface area contributed by atoms with Gasteiger partial charge < -0.3 is 73.9 Å². The van der Waals surface area contributed by atoms with Crippen molar-refractivity contribution >= 4 is 35.6 Å². The molecule has 5 aliphatic rings. The van der Waals surface area contributed by atoms with Crippen LogP contribution in [0.15, 0.2) is 102 Å². The maximum atomic E-state index is 16.3. The lowest BCUT2D eigenvalue weighted by Crippen LogP contribution is -2.82. The van der Waals surface area contributed by atoms with E-state index >= 15 is 4.79 Å². The molecule has 2 saturated heterocycles. The lowest BCUT2D eigenvalue weighted by Gasteiger charge is -2.68. The van der Waals surface area contributed by atoms with Gasteiger partial charge in [-0.05, 0) is 48.3 Å². The SMILES string of the molecule is CC(=O)O[C@H]1C(=O)[C@]2(C)[C@@H](OC(=O)COC3O[C@H](CO)[C@H](O)[C@@H](O)[C@@H]3O)C[C@H]3OC[C@@]3(OC(C)=O)[C@H]2[C@H](OCc2ccccc2)[C@]2(O)C[C@H](OC(=O)[C@H](O)[C@@H](NC(=O)c3ccccc3)c3ccccc3)C(C)=C1C2(C)C. The molecule has 21 heteroatoms. The van der Waals surface area contributed by atoms with E-state index in [1.165, 1.54) is 13.8 Å². The summed E-state index contributed by atoms with van der Waals surface area (Å²) < 4.78 is 48.6. The average Bonchev–Trinajstić information content (AvgIpc) is 3.55. The molecule has 3 aromatic rings. The zero-order chi connectivity index (χ0) is 55.1. The topological polar surface area (TPSA) is 310 Å². The number of hydrogen-bond donors (Lipinski definition) is 7. The zero-order valence-electron chi connectivity index (χ0n) is 42.8. The lowest BCUT2D eigenvalue weighted by atomic mass is 9.44. The van der Waals surface area contributed by atoms with Crippen molar-refractivity contribution in [1.29, 1.82) is 0 Å². The van der Waals surface area contributed by atoms with E-state index in [4.69, 9.17) is 37.9 Å². The number of amides is 1. The normalized spacial score (nSPS) is 34.3. The Morgan fingerprint density at radius 1 is 0.816 bits per heavy atom. The molecule has 21 nitrogen and oxygen atoms in total. The lowest BCUT2D eigenvalue weighted by molar-refractivity contribution is -0.352. The third-order valence-electron chi connectivity index (χ3n) is 16.0. The summed E-state index contributed by atoms with van der Waals surface area (Å²) in [7, 11) is 0. The Labute approximate surface area is 438 Å². The van der Waals surface area contributed by atoms with E-state index in [1.807, 2.05) is 0 Å². The summed E-state index contributed by atoms with van der Waals surface area (Å²) in [6.45, 7) is 5.96. The fourth-order valence-corrected chi connectivity index (χ4v) is 12.0. The molecule has 2 bridgehead atoms. The molecule has 0 spiro atoms. The third kappa shape index (κ3) is 10.2. The van der Waals surface area contributed by atoms with Crippen LogP contribution in [0.5, 0.6) is 0 Å². The van der Waals surface area contributed by atoms with Crippen molar-refractivity contribution in [2.75, 3.05) is 19.8 Å². The van der Waals surface area contributed by atoms with Crippen molar-refractivity contribution in [1.82, 2.24) is 5.32 Å². The highest BCUT2D eigenvalue weighted by molar-refractivity contribution is 5.96. The molecular formula is C55H65NO20. The Bertz CT molecular complexity index is 2670. The van der Waals surface area contributed by atoms with Crippen LogP contribution in [0, 0.1) is 16.7 Å². The van der Waals surface area contributed by atoms with Crippen LogP contribution in [0.1, 0.15) is 81.9 Å². The quantitative estimate of drug-likeness (QED) is 0.0607. The largest absolute Gasteiger partial charge is 0.459 e. The second-order valence-electron chi connectivity index (χ2n) is 20.9. The molecule has 4 fully saturated rings. The number of benzene rings is 3. The second-order valence-corrected chi connectivity index (χ2v) is 20.9. The Hall–Kier alpha value is -5.98. The molecule has 3 aromatic carbocycles. The average molecular weight is 1060 g/mol. The van der Waals surface area contributed by atoms with Gasteiger partial charge in [-0.3, -0.25) is 19.2 Å². The number of ether oxygens (including phenoxy) is 8. The number of carbonyl (C=O) groups excluding carboxylic acids is 6. The van der Waals surface area contributed by atoms with E-state index in [1.54, 1.807) is 105 Å². The van der Waals surface area contributed by atoms with Gasteiger partial charge in [-0.1, -0.05) is 92.7 Å². The van der Waals surface area contributed by atoms with Gasteiger partial charge in [-0.25, -0.2) is 9.59 Å². The highest BCUT2D eigenvalue weighted by Crippen LogP contribution is 2.65. The van der Waals surface area contributed by atoms with Gasteiger partial charge in [0.1, 0.15) is 54.9 Å². The van der Waals surface area contributed by atoms with Crippen LogP contribution in [-0.2, 0) is 68.5 Å². The molecule has 3 aliphatic carbocycles. The molecular weight excluding hydrogens is 995 g/mol. The summed E-state index contributed by atoms with van der Waals surface area (Å²) in [6, 6.07) is 23.7. The van der Waals surface area contributed by atoms with Crippen molar-refractivity contribution in [3.63, 3.8) is 0 Å². The number of rotatable bonds is 16. The molecule has 16 atom stereocenters. The minimum atomic E-state index is -2.34. The first-order valence-corrected chi connectivity index (χ1v) is 25.0. The predicted molar refractivity (Wildman–Crippen MR) is 261 cm³/mol. The van der Waals surface area contributed by atoms with Gasteiger partial charge in [-0.2, -0.15) is 0 Å². The molecule has 2 heterocycles. The minimum absolute atomic E-state index is 0.0248. The smallest absolute Gasteiger partial charge is 0.338 e. The van der Waals surface area contributed by atoms with Crippen LogP contribution in [0.3, 0.4) is 0 Å². The number of Topliss-reactive ketones (excluding diaryl/α,β-unsaturated/α-hetero) is 1. The van der Waals surface area contributed by atoms with Crippen molar-refractivity contribution < 1.29 is 97.3 Å². The second kappa shape index (κ2) is 22.2. The molecule has 1 amide bonds. The zero-order valence-corrected chi connectivity index (χ0v) is 42.8. The first-order chi connectivity index (χ1) is 36.0. The Morgan fingerprint density at radius 3 is 2.04 bits per heavy atom. The molecule has 1 unspecified atom stereocenters. The summed E-state index contributed by atoms with van der Waals surface area (Å²) in [4.78, 5) is 85.3. The van der Waals surface area contributed by atoms with Gasteiger partial charge in [0.2, 0.25) is 0 Å². The molecule has 0 aromatic heterocycles. The fourth-order valence-electron chi connectivity index (χ4n) is 12.0. The van der Waals surface area contributed by atoms with Crippen LogP contribution in [0.25, 0.3) is 0 Å². The summed E-state index contributed by atoms with van der Waals surface area (Å²) in [5.41, 5.74) is -6.71. The number of aliphatic hydroxyl groups excluding tert-OH is 5. The van der Waals surface area contributed by atoms with Gasteiger partial charge in [0.25, 0.3) is 5.91 Å². The van der Waals surface area contributed by atoms with Crippen LogP contribution in [0.2, 0.25) is 0 Å². The van der Waals surface area contributed by atoms with Gasteiger partial charge >= 0.3 is 23.9 Å². The highest BCUT2D eigenvalue weighted by Gasteiger charge is 2.78. The van der Waals surface area contributed by atoms with E-state index in [0.717, 1.165) is 13.8 Å². The van der Waals surface area contributed by atoms with Gasteiger partial charge in [-0.15, -0.1) is 0 Å². The van der Waals surface area contributed by atoms with Gasteiger partial charge in [0.15, 0.2) is 29.9 Å². The Kier molecular flexibility index (Phi) is 16.4. The summed E-state index contributed by atoms with van der Waals surface area (Å²) >= 11 is 0. The van der Waals surface area contributed by atoms with Crippen molar-refractivity contribution in [3.8, 4) is 0 Å². The maximum Gasteiger partial charge on any atom is 0.338 e. The van der Waals surface area contributed by atoms with E-state index in [9.17, 15) is 54.6 Å². The molecule has 8 rings (SSSR count). The number of fused-ring (bicyclic) bond motifs is 5. The number of carbonyl (C=O) groups is 6. The van der Waals surface area contributed by atoms with E-state index in [0.29, 0.717) is 11.1 Å². The van der Waals surface area contributed by atoms with E-state index in [-0.39, 0.29) is 36.3 Å². The van der Waals surface area contributed by atoms with E-state index in [2.05, 4.69) is 5.32 Å². The number of esters is 4. The highest BCUT2D eigenvalue weighted by atomic mass is 16.7. The van der Waals surface area contributed by atoms with E-state index < -0.39 is 157 Å². The Balaban J connectivity index is 1.24. The summed E-state index contributed by atoms with van der Waals surface area (Å²) in [6.07, 6.45) is -19.3. The fraction of sp³-hybridized carbons (Fsp3) is 0.527. The van der Waals surface area contributed by atoms with Gasteiger partial charge in [0, 0.05) is 43.6 Å². The molecule has 2 aliphatic heterocycles. The minimum Gasteiger partial charge on any atom is -0.459 e. The molecule has 410 valence electrons.